The summed E-state index contributed by atoms with van der Waals surface area (Å²) in [7, 11) is 0. The zero-order chi connectivity index (χ0) is 23.7. The molecular formula is C25H22BrF3N2O2. The molecule has 0 aromatic heterocycles. The predicted octanol–water partition coefficient (Wildman–Crippen LogP) is 5.91. The van der Waals surface area contributed by atoms with Crippen molar-refractivity contribution in [2.45, 2.75) is 25.4 Å². The first-order chi connectivity index (χ1) is 15.5. The fraction of sp³-hybridized carbons (Fsp3) is 0.320. The van der Waals surface area contributed by atoms with Crippen LogP contribution in [0.5, 0.6) is 5.75 Å². The average Bonchev–Trinajstić information content (AvgIpc) is 3.00. The Kier molecular flexibility index (Phi) is 4.94. The topological polar surface area (TPSA) is 43.8 Å². The largest absolute Gasteiger partial charge is 0.507 e. The molecule has 172 valence electrons. The molecule has 0 radical (unpaired) electrons. The number of phenolic OH excluding ortho intramolecular Hbond substituents is 1. The number of nitrogens with zero attached hydrogens (tertiary/aromatic N) is 2. The minimum Gasteiger partial charge on any atom is -0.507 e. The molecule has 8 heteroatoms. The first kappa shape index (κ1) is 22.1. The van der Waals surface area contributed by atoms with Gasteiger partial charge < -0.3 is 14.9 Å². The Labute approximate surface area is 197 Å². The number of piperazine rings is 1. The van der Waals surface area contributed by atoms with Gasteiger partial charge in [-0.05, 0) is 58.0 Å². The van der Waals surface area contributed by atoms with E-state index in [1.165, 1.54) is 6.07 Å². The Morgan fingerprint density at radius 2 is 1.73 bits per heavy atom. The molecule has 4 nitrogen and oxygen atoms in total. The molecule has 0 spiro atoms. The van der Waals surface area contributed by atoms with E-state index < -0.39 is 17.2 Å². The molecule has 1 amide bonds. The second-order valence-electron chi connectivity index (χ2n) is 9.18. The van der Waals surface area contributed by atoms with Gasteiger partial charge in [0.2, 0.25) is 6.41 Å². The first-order valence-electron chi connectivity index (χ1n) is 10.7. The Bertz CT molecular complexity index is 1300. The van der Waals surface area contributed by atoms with Crippen LogP contribution in [0.2, 0.25) is 0 Å². The maximum Gasteiger partial charge on any atom is 0.416 e. The van der Waals surface area contributed by atoms with Gasteiger partial charge >= 0.3 is 6.18 Å². The number of aromatic hydroxyl groups is 1. The Balaban J connectivity index is 1.72. The Hall–Kier alpha value is -2.74. The van der Waals surface area contributed by atoms with E-state index in [0.29, 0.717) is 31.6 Å². The van der Waals surface area contributed by atoms with Crippen molar-refractivity contribution in [1.29, 1.82) is 0 Å². The molecule has 3 aromatic carbocycles. The summed E-state index contributed by atoms with van der Waals surface area (Å²) in [6, 6.07) is 9.31. The van der Waals surface area contributed by atoms with Gasteiger partial charge in [0, 0.05) is 47.1 Å². The van der Waals surface area contributed by atoms with Crippen LogP contribution in [0, 0.1) is 0 Å². The van der Waals surface area contributed by atoms with Crippen LogP contribution in [0.15, 0.2) is 40.9 Å². The van der Waals surface area contributed by atoms with Crippen molar-refractivity contribution in [3.05, 3.63) is 57.6 Å². The normalized spacial score (nSPS) is 17.3. The standard InChI is InChI=1S/C25H22BrF3N2O2/c1-24(2)19-12-21(33)17-9-14(25(27,28)29)3-4-16(17)22(19)18-10-15(11-20(26)23(18)24)31-7-5-30(13-32)6-8-31/h3-4,9-13,33H,5-8H2,1-2H3. The van der Waals surface area contributed by atoms with Gasteiger partial charge in [-0.1, -0.05) is 35.8 Å². The number of fused-ring (bicyclic) bond motifs is 5. The lowest BCUT2D eigenvalue weighted by molar-refractivity contribution is -0.137. The maximum atomic E-state index is 13.3. The van der Waals surface area contributed by atoms with Gasteiger partial charge in [-0.25, -0.2) is 0 Å². The quantitative estimate of drug-likeness (QED) is 0.428. The van der Waals surface area contributed by atoms with E-state index >= 15 is 0 Å². The summed E-state index contributed by atoms with van der Waals surface area (Å²) in [4.78, 5) is 15.0. The molecule has 5 rings (SSSR count). The van der Waals surface area contributed by atoms with E-state index in [9.17, 15) is 23.1 Å². The third-order valence-electron chi connectivity index (χ3n) is 6.91. The Morgan fingerprint density at radius 3 is 2.36 bits per heavy atom. The molecule has 1 saturated heterocycles. The van der Waals surface area contributed by atoms with Gasteiger partial charge in [0.05, 0.1) is 5.56 Å². The molecule has 0 saturated carbocycles. The number of amides is 1. The summed E-state index contributed by atoms with van der Waals surface area (Å²) in [6.07, 6.45) is -3.63. The third kappa shape index (κ3) is 3.38. The number of carbonyl (C=O) groups excluding carboxylic acids is 1. The number of rotatable bonds is 2. The number of phenols is 1. The zero-order valence-corrected chi connectivity index (χ0v) is 19.7. The van der Waals surface area contributed by atoms with Gasteiger partial charge in [0.1, 0.15) is 5.75 Å². The van der Waals surface area contributed by atoms with E-state index in [2.05, 4.69) is 46.8 Å². The summed E-state index contributed by atoms with van der Waals surface area (Å²) in [6.45, 7) is 6.78. The number of hydrogen-bond donors (Lipinski definition) is 1. The van der Waals surface area contributed by atoms with Crippen LogP contribution >= 0.6 is 15.9 Å². The van der Waals surface area contributed by atoms with Crippen LogP contribution in [-0.2, 0) is 16.4 Å². The van der Waals surface area contributed by atoms with Crippen molar-refractivity contribution in [2.75, 3.05) is 31.1 Å². The summed E-state index contributed by atoms with van der Waals surface area (Å²) in [5.74, 6) is -0.155. The van der Waals surface area contributed by atoms with Gasteiger partial charge in [-0.2, -0.15) is 13.2 Å². The number of anilines is 1. The molecular weight excluding hydrogens is 497 g/mol. The van der Waals surface area contributed by atoms with Crippen molar-refractivity contribution in [3.63, 3.8) is 0 Å². The molecule has 0 atom stereocenters. The first-order valence-corrected chi connectivity index (χ1v) is 11.5. The molecule has 2 aliphatic rings. The molecule has 1 N–H and O–H groups in total. The van der Waals surface area contributed by atoms with Crippen LogP contribution in [0.25, 0.3) is 21.9 Å². The van der Waals surface area contributed by atoms with E-state index in [1.807, 2.05) is 0 Å². The highest BCUT2D eigenvalue weighted by atomic mass is 79.9. The number of halogens is 4. The molecule has 1 heterocycles. The van der Waals surface area contributed by atoms with Crippen LogP contribution in [0.1, 0.15) is 30.5 Å². The minimum atomic E-state index is -4.49. The van der Waals surface area contributed by atoms with Crippen molar-refractivity contribution in [1.82, 2.24) is 4.90 Å². The molecule has 0 unspecified atom stereocenters. The van der Waals surface area contributed by atoms with Gasteiger partial charge in [-0.3, -0.25) is 4.79 Å². The maximum absolute atomic E-state index is 13.3. The van der Waals surface area contributed by atoms with E-state index in [0.717, 1.165) is 51.0 Å². The molecule has 33 heavy (non-hydrogen) atoms. The highest BCUT2D eigenvalue weighted by Crippen LogP contribution is 2.56. The lowest BCUT2D eigenvalue weighted by atomic mass is 9.81. The SMILES string of the molecule is CC1(C)c2cc(O)c3cc(C(F)(F)F)ccc3c2-c2cc(N3CCN(C=O)CC3)cc(Br)c21. The predicted molar refractivity (Wildman–Crippen MR) is 126 cm³/mol. The number of benzene rings is 3. The summed E-state index contributed by atoms with van der Waals surface area (Å²) in [5, 5.41) is 11.5. The summed E-state index contributed by atoms with van der Waals surface area (Å²) >= 11 is 3.74. The third-order valence-corrected chi connectivity index (χ3v) is 7.54. The van der Waals surface area contributed by atoms with Crippen LogP contribution in [0.4, 0.5) is 18.9 Å². The summed E-state index contributed by atoms with van der Waals surface area (Å²) < 4.78 is 40.9. The lowest BCUT2D eigenvalue weighted by Gasteiger charge is -2.34. The molecule has 0 bridgehead atoms. The second kappa shape index (κ2) is 7.38. The summed E-state index contributed by atoms with van der Waals surface area (Å²) in [5.41, 5.74) is 3.47. The van der Waals surface area contributed by atoms with Crippen molar-refractivity contribution in [2.24, 2.45) is 0 Å². The van der Waals surface area contributed by atoms with Gasteiger partial charge in [0.25, 0.3) is 0 Å². The van der Waals surface area contributed by atoms with E-state index in [1.54, 1.807) is 11.0 Å². The average molecular weight is 519 g/mol. The molecule has 3 aromatic rings. The molecule has 1 aliphatic carbocycles. The van der Waals surface area contributed by atoms with Crippen molar-refractivity contribution in [3.8, 4) is 16.9 Å². The highest BCUT2D eigenvalue weighted by molar-refractivity contribution is 9.10. The second-order valence-corrected chi connectivity index (χ2v) is 10.0. The fourth-order valence-corrected chi connectivity index (χ4v) is 6.14. The number of alkyl halides is 3. The van der Waals surface area contributed by atoms with Crippen LogP contribution in [-0.4, -0.2) is 42.6 Å². The monoisotopic (exact) mass is 518 g/mol. The highest BCUT2D eigenvalue weighted by Gasteiger charge is 2.40. The van der Waals surface area contributed by atoms with E-state index in [-0.39, 0.29) is 11.1 Å². The smallest absolute Gasteiger partial charge is 0.416 e. The van der Waals surface area contributed by atoms with E-state index in [4.69, 9.17) is 0 Å². The Morgan fingerprint density at radius 1 is 1.03 bits per heavy atom. The van der Waals surface area contributed by atoms with Crippen molar-refractivity contribution < 1.29 is 23.1 Å². The molecule has 1 fully saturated rings. The molecule has 1 aliphatic heterocycles. The zero-order valence-electron chi connectivity index (χ0n) is 18.1. The van der Waals surface area contributed by atoms with Gasteiger partial charge in [0.15, 0.2) is 0 Å². The number of hydrogen-bond acceptors (Lipinski definition) is 3. The van der Waals surface area contributed by atoms with Crippen LogP contribution in [0.3, 0.4) is 0 Å². The van der Waals surface area contributed by atoms with Crippen molar-refractivity contribution >= 4 is 38.8 Å². The minimum absolute atomic E-state index is 0.155. The fourth-order valence-electron chi connectivity index (χ4n) is 5.19. The number of carbonyl (C=O) groups is 1. The van der Waals surface area contributed by atoms with Crippen LogP contribution < -0.4 is 4.90 Å². The van der Waals surface area contributed by atoms with Gasteiger partial charge in [-0.15, -0.1) is 0 Å². The lowest BCUT2D eigenvalue weighted by Crippen LogP contribution is -2.45.